The van der Waals surface area contributed by atoms with Gasteiger partial charge >= 0.3 is 0 Å². The van der Waals surface area contributed by atoms with Crippen molar-refractivity contribution in [2.24, 2.45) is 5.41 Å². The van der Waals surface area contributed by atoms with E-state index in [0.29, 0.717) is 19.6 Å². The Bertz CT molecular complexity index is 323. The number of nitrogens with zero attached hydrogens (tertiary/aromatic N) is 1. The molecule has 5 nitrogen and oxygen atoms in total. The van der Waals surface area contributed by atoms with Crippen molar-refractivity contribution in [2.75, 3.05) is 20.3 Å². The van der Waals surface area contributed by atoms with E-state index in [0.717, 1.165) is 0 Å². The van der Waals surface area contributed by atoms with Gasteiger partial charge < -0.3 is 15.0 Å². The van der Waals surface area contributed by atoms with Gasteiger partial charge in [-0.1, -0.05) is 20.8 Å². The molecule has 0 radical (unpaired) electrons. The topological polar surface area (TPSA) is 58.6 Å². The number of hydrogen-bond acceptors (Lipinski definition) is 3. The highest BCUT2D eigenvalue weighted by atomic mass is 16.5. The molecule has 1 rings (SSSR count). The van der Waals surface area contributed by atoms with Crippen LogP contribution in [0.4, 0.5) is 0 Å². The lowest BCUT2D eigenvalue weighted by molar-refractivity contribution is -0.139. The van der Waals surface area contributed by atoms with Crippen LogP contribution in [0.2, 0.25) is 0 Å². The summed E-state index contributed by atoms with van der Waals surface area (Å²) in [5.74, 6) is -0.0757. The van der Waals surface area contributed by atoms with Gasteiger partial charge in [-0.15, -0.1) is 0 Å². The minimum atomic E-state index is -0.466. The molecule has 0 spiro atoms. The summed E-state index contributed by atoms with van der Waals surface area (Å²) in [4.78, 5) is 25.9. The van der Waals surface area contributed by atoms with Crippen LogP contribution in [0.15, 0.2) is 0 Å². The van der Waals surface area contributed by atoms with Gasteiger partial charge in [0.15, 0.2) is 0 Å². The summed E-state index contributed by atoms with van der Waals surface area (Å²) >= 11 is 0. The molecule has 1 saturated heterocycles. The van der Waals surface area contributed by atoms with E-state index in [2.05, 4.69) is 5.32 Å². The Kier molecular flexibility index (Phi) is 4.73. The first-order valence-electron chi connectivity index (χ1n) is 6.36. The van der Waals surface area contributed by atoms with E-state index < -0.39 is 6.04 Å². The number of carbonyl (C=O) groups excluding carboxylic acids is 2. The molecular formula is C13H24N2O3. The van der Waals surface area contributed by atoms with E-state index in [1.807, 2.05) is 27.7 Å². The van der Waals surface area contributed by atoms with Crippen LogP contribution in [0.5, 0.6) is 0 Å². The first kappa shape index (κ1) is 15.0. The van der Waals surface area contributed by atoms with E-state index in [1.165, 1.54) is 0 Å². The van der Waals surface area contributed by atoms with Crippen molar-refractivity contribution in [3.63, 3.8) is 0 Å². The van der Waals surface area contributed by atoms with Crippen molar-refractivity contribution in [3.8, 4) is 0 Å². The van der Waals surface area contributed by atoms with Crippen LogP contribution in [0.1, 0.15) is 34.1 Å². The molecule has 1 aliphatic heterocycles. The lowest BCUT2D eigenvalue weighted by atomic mass is 9.86. The van der Waals surface area contributed by atoms with Crippen LogP contribution < -0.4 is 5.32 Å². The predicted molar refractivity (Wildman–Crippen MR) is 69.1 cm³/mol. The lowest BCUT2D eigenvalue weighted by Crippen LogP contribution is -2.54. The number of rotatable bonds is 3. The van der Waals surface area contributed by atoms with Gasteiger partial charge in [0.2, 0.25) is 11.8 Å². The highest BCUT2D eigenvalue weighted by molar-refractivity contribution is 5.90. The molecular weight excluding hydrogens is 232 g/mol. The molecule has 0 aromatic rings. The Morgan fingerprint density at radius 2 is 2.06 bits per heavy atom. The molecule has 2 atom stereocenters. The molecule has 2 amide bonds. The molecule has 5 heteroatoms. The molecule has 0 aromatic heterocycles. The smallest absolute Gasteiger partial charge is 0.246 e. The second-order valence-electron chi connectivity index (χ2n) is 5.95. The number of carbonyl (C=O) groups is 2. The van der Waals surface area contributed by atoms with Gasteiger partial charge in [0.05, 0.1) is 12.6 Å². The molecule has 1 heterocycles. The Morgan fingerprint density at radius 1 is 1.44 bits per heavy atom. The molecule has 1 fully saturated rings. The van der Waals surface area contributed by atoms with E-state index in [4.69, 9.17) is 4.74 Å². The Balaban J connectivity index is 2.93. The van der Waals surface area contributed by atoms with Crippen molar-refractivity contribution in [3.05, 3.63) is 0 Å². The third-order valence-corrected chi connectivity index (χ3v) is 3.22. The Morgan fingerprint density at radius 3 is 2.56 bits per heavy atom. The fourth-order valence-corrected chi connectivity index (χ4v) is 2.15. The summed E-state index contributed by atoms with van der Waals surface area (Å²) in [6, 6.07) is -0.480. The van der Waals surface area contributed by atoms with Crippen molar-refractivity contribution in [1.29, 1.82) is 0 Å². The van der Waals surface area contributed by atoms with Crippen LogP contribution in [-0.2, 0) is 14.3 Å². The van der Waals surface area contributed by atoms with Gasteiger partial charge in [-0.2, -0.15) is 0 Å². The maximum Gasteiger partial charge on any atom is 0.246 e. The second-order valence-corrected chi connectivity index (χ2v) is 5.95. The number of methoxy groups -OCH3 is 1. The standard InChI is InChI=1S/C13H24N2O3/c1-9(8-18-5)15-7-6-10(16)14-11(12(15)17)13(2,3)4/h9,11H,6-8H2,1-5H3,(H,14,16). The minimum Gasteiger partial charge on any atom is -0.383 e. The molecule has 18 heavy (non-hydrogen) atoms. The summed E-state index contributed by atoms with van der Waals surface area (Å²) < 4.78 is 5.09. The third kappa shape index (κ3) is 3.45. The molecule has 0 saturated carbocycles. The number of ether oxygens (including phenoxy) is 1. The quantitative estimate of drug-likeness (QED) is 0.812. The van der Waals surface area contributed by atoms with Crippen molar-refractivity contribution in [2.45, 2.75) is 46.2 Å². The first-order chi connectivity index (χ1) is 8.27. The van der Waals surface area contributed by atoms with E-state index in [9.17, 15) is 9.59 Å². The average Bonchev–Trinajstić information content (AvgIpc) is 2.38. The molecule has 1 aliphatic rings. The largest absolute Gasteiger partial charge is 0.383 e. The van der Waals surface area contributed by atoms with Gasteiger partial charge in [-0.25, -0.2) is 0 Å². The van der Waals surface area contributed by atoms with E-state index in [-0.39, 0.29) is 23.3 Å². The van der Waals surface area contributed by atoms with Gasteiger partial charge in [-0.3, -0.25) is 9.59 Å². The number of nitrogens with one attached hydrogen (secondary N) is 1. The zero-order valence-corrected chi connectivity index (χ0v) is 11.9. The summed E-state index contributed by atoms with van der Waals surface area (Å²) in [6.07, 6.45) is 0.354. The summed E-state index contributed by atoms with van der Waals surface area (Å²) in [7, 11) is 1.61. The Hall–Kier alpha value is -1.10. The lowest BCUT2D eigenvalue weighted by Gasteiger charge is -2.34. The van der Waals surface area contributed by atoms with Crippen LogP contribution in [0.3, 0.4) is 0 Å². The molecule has 0 bridgehead atoms. The SMILES string of the molecule is COCC(C)N1CCC(=O)NC(C(C)(C)C)C1=O. The van der Waals surface area contributed by atoms with Gasteiger partial charge in [0.1, 0.15) is 6.04 Å². The maximum atomic E-state index is 12.5. The van der Waals surface area contributed by atoms with Crippen LogP contribution in [-0.4, -0.2) is 49.1 Å². The van der Waals surface area contributed by atoms with Crippen LogP contribution >= 0.6 is 0 Å². The van der Waals surface area contributed by atoms with Crippen LogP contribution in [0.25, 0.3) is 0 Å². The van der Waals surface area contributed by atoms with Crippen molar-refractivity contribution in [1.82, 2.24) is 10.2 Å². The Labute approximate surface area is 109 Å². The zero-order chi connectivity index (χ0) is 13.9. The second kappa shape index (κ2) is 5.69. The third-order valence-electron chi connectivity index (χ3n) is 3.22. The number of amides is 2. The molecule has 104 valence electrons. The molecule has 0 aliphatic carbocycles. The van der Waals surface area contributed by atoms with Crippen molar-refractivity contribution >= 4 is 11.8 Å². The minimum absolute atomic E-state index is 0.0138. The summed E-state index contributed by atoms with van der Waals surface area (Å²) in [5.41, 5.74) is -0.290. The highest BCUT2D eigenvalue weighted by Crippen LogP contribution is 2.23. The average molecular weight is 256 g/mol. The van der Waals surface area contributed by atoms with Gasteiger partial charge in [0.25, 0.3) is 0 Å². The van der Waals surface area contributed by atoms with Crippen LogP contribution in [0, 0.1) is 5.41 Å². The zero-order valence-electron chi connectivity index (χ0n) is 11.9. The highest BCUT2D eigenvalue weighted by Gasteiger charge is 2.39. The fraction of sp³-hybridized carbons (Fsp3) is 0.846. The monoisotopic (exact) mass is 256 g/mol. The summed E-state index contributed by atoms with van der Waals surface area (Å²) in [6.45, 7) is 8.76. The van der Waals surface area contributed by atoms with E-state index >= 15 is 0 Å². The first-order valence-corrected chi connectivity index (χ1v) is 6.36. The predicted octanol–water partition coefficient (Wildman–Crippen LogP) is 0.785. The number of hydrogen-bond donors (Lipinski definition) is 1. The maximum absolute atomic E-state index is 12.5. The fourth-order valence-electron chi connectivity index (χ4n) is 2.15. The van der Waals surface area contributed by atoms with Gasteiger partial charge in [-0.05, 0) is 12.3 Å². The van der Waals surface area contributed by atoms with E-state index in [1.54, 1.807) is 12.0 Å². The van der Waals surface area contributed by atoms with Gasteiger partial charge in [0, 0.05) is 20.1 Å². The normalized spacial score (nSPS) is 23.6. The summed E-state index contributed by atoms with van der Waals surface area (Å²) in [5, 5.41) is 2.82. The molecule has 2 unspecified atom stereocenters. The van der Waals surface area contributed by atoms with Crippen molar-refractivity contribution < 1.29 is 14.3 Å². The molecule has 0 aromatic carbocycles. The molecule has 1 N–H and O–H groups in total.